The smallest absolute Gasteiger partial charge is 0.277 e. The molecule has 0 spiro atoms. The molecule has 334 valence electrons. The third-order valence-electron chi connectivity index (χ3n) is 14.2. The van der Waals surface area contributed by atoms with Gasteiger partial charge in [-0.05, 0) is 123 Å². The lowest BCUT2D eigenvalue weighted by atomic mass is 9.35. The molecule has 10 aromatic rings. The van der Waals surface area contributed by atoms with Crippen molar-refractivity contribution in [1.29, 1.82) is 0 Å². The largest absolute Gasteiger partial charge is 0.454 e. The maximum absolute atomic E-state index is 6.90. The molecule has 2 aliphatic rings. The SMILES string of the molecule is CC(C)(C)c1ccc(N(c2ccc(C(C)(C)C)cc2)c2ccc3c(c2)N(c2cccc4c2oc2ccccc24)c2cccc4c2B3c2nc3ccc(C(C)(C)C)cn3c2N4c2ccccc2)cc1. The van der Waals surface area contributed by atoms with E-state index in [1.54, 1.807) is 0 Å². The van der Waals surface area contributed by atoms with E-state index in [-0.39, 0.29) is 23.0 Å². The molecule has 0 fully saturated rings. The minimum absolute atomic E-state index is 0.0229. The molecule has 7 heteroatoms. The van der Waals surface area contributed by atoms with E-state index in [9.17, 15) is 0 Å². The summed E-state index contributed by atoms with van der Waals surface area (Å²) in [6.45, 7) is 20.3. The molecule has 2 aliphatic heterocycles. The van der Waals surface area contributed by atoms with Crippen LogP contribution in [0.2, 0.25) is 0 Å². The molecule has 3 aromatic heterocycles. The quantitative estimate of drug-likeness (QED) is 0.161. The van der Waals surface area contributed by atoms with Crippen molar-refractivity contribution in [3.05, 3.63) is 193 Å². The molecule has 0 bridgehead atoms. The van der Waals surface area contributed by atoms with Gasteiger partial charge in [0.2, 0.25) is 0 Å². The highest BCUT2D eigenvalue weighted by Crippen LogP contribution is 2.48. The summed E-state index contributed by atoms with van der Waals surface area (Å²) in [7, 11) is 0. The van der Waals surface area contributed by atoms with Crippen LogP contribution in [-0.4, -0.2) is 16.1 Å². The number of rotatable bonds is 5. The molecule has 0 aliphatic carbocycles. The highest BCUT2D eigenvalue weighted by atomic mass is 16.3. The molecular formula is C61H56BN5O. The summed E-state index contributed by atoms with van der Waals surface area (Å²) < 4.78 is 9.24. The van der Waals surface area contributed by atoms with Gasteiger partial charge in [0.15, 0.2) is 5.58 Å². The highest BCUT2D eigenvalue weighted by Gasteiger charge is 2.46. The van der Waals surface area contributed by atoms with Crippen molar-refractivity contribution in [3.63, 3.8) is 0 Å². The summed E-state index contributed by atoms with van der Waals surface area (Å²) in [6.07, 6.45) is 2.31. The lowest BCUT2D eigenvalue weighted by Gasteiger charge is -2.42. The molecule has 0 amide bonds. The van der Waals surface area contributed by atoms with Gasteiger partial charge in [-0.25, -0.2) is 4.98 Å². The average Bonchev–Trinajstić information content (AvgIpc) is 3.90. The summed E-state index contributed by atoms with van der Waals surface area (Å²) in [4.78, 5) is 12.9. The van der Waals surface area contributed by atoms with E-state index in [0.717, 1.165) is 84.5 Å². The van der Waals surface area contributed by atoms with E-state index in [0.29, 0.717) is 0 Å². The number of para-hydroxylation sites is 3. The van der Waals surface area contributed by atoms with Crippen LogP contribution < -0.4 is 31.2 Å². The van der Waals surface area contributed by atoms with Crippen molar-refractivity contribution in [2.75, 3.05) is 14.7 Å². The second-order valence-corrected chi connectivity index (χ2v) is 21.8. The molecule has 68 heavy (non-hydrogen) atoms. The van der Waals surface area contributed by atoms with Crippen LogP contribution in [0.3, 0.4) is 0 Å². The number of pyridine rings is 1. The minimum atomic E-state index is -0.171. The number of aromatic nitrogens is 2. The standard InChI is InChI=1S/C61H56BN5O/c1-59(2,3)39-25-30-43(31-26-39)65(44-32-27-40(28-33-44)60(4,5)6)45-34-35-48-52(37-45)67(51-23-15-20-47-46-19-13-14-24-53(46)68-56(47)51)50-22-16-21-49-55(50)62(48)57-58(66(49)42-17-11-10-12-18-42)64-38-41(61(7,8)9)29-36-54(64)63-57/h10-38H,1-9H3. The van der Waals surface area contributed by atoms with Crippen LogP contribution in [0.25, 0.3) is 27.6 Å². The van der Waals surface area contributed by atoms with E-state index in [1.165, 1.54) is 27.6 Å². The molecule has 12 rings (SSSR count). The Labute approximate surface area is 400 Å². The molecule has 0 unspecified atom stereocenters. The number of imidazole rings is 1. The third-order valence-corrected chi connectivity index (χ3v) is 14.2. The molecule has 0 atom stereocenters. The van der Waals surface area contributed by atoms with Gasteiger partial charge in [-0.15, -0.1) is 0 Å². The van der Waals surface area contributed by atoms with Crippen LogP contribution in [-0.2, 0) is 16.2 Å². The van der Waals surface area contributed by atoms with Gasteiger partial charge >= 0.3 is 0 Å². The van der Waals surface area contributed by atoms with Gasteiger partial charge < -0.3 is 14.2 Å². The van der Waals surface area contributed by atoms with Gasteiger partial charge in [0.1, 0.15) is 17.0 Å². The minimum Gasteiger partial charge on any atom is -0.454 e. The zero-order chi connectivity index (χ0) is 46.9. The molecule has 0 saturated carbocycles. The Kier molecular flexibility index (Phi) is 9.24. The van der Waals surface area contributed by atoms with Gasteiger partial charge in [0.25, 0.3) is 6.71 Å². The van der Waals surface area contributed by atoms with Crippen molar-refractivity contribution in [1.82, 2.24) is 9.38 Å². The lowest BCUT2D eigenvalue weighted by molar-refractivity contribution is 0.586. The van der Waals surface area contributed by atoms with Crippen molar-refractivity contribution in [3.8, 4) is 0 Å². The Morgan fingerprint density at radius 2 is 1.04 bits per heavy atom. The number of fused-ring (bicyclic) bond motifs is 9. The molecular weight excluding hydrogens is 830 g/mol. The van der Waals surface area contributed by atoms with Crippen LogP contribution in [0.4, 0.5) is 51.3 Å². The first kappa shape index (κ1) is 41.9. The van der Waals surface area contributed by atoms with Gasteiger partial charge in [0, 0.05) is 56.8 Å². The molecule has 6 nitrogen and oxygen atoms in total. The fourth-order valence-electron chi connectivity index (χ4n) is 10.6. The summed E-state index contributed by atoms with van der Waals surface area (Å²) >= 11 is 0. The third kappa shape index (κ3) is 6.57. The van der Waals surface area contributed by atoms with Crippen molar-refractivity contribution in [2.45, 2.75) is 78.6 Å². The van der Waals surface area contributed by atoms with Crippen LogP contribution in [0.5, 0.6) is 0 Å². The molecule has 7 aromatic carbocycles. The first-order chi connectivity index (χ1) is 32.6. The Bertz CT molecular complexity index is 3530. The van der Waals surface area contributed by atoms with Crippen molar-refractivity contribution >= 4 is 102 Å². The first-order valence-corrected chi connectivity index (χ1v) is 24.0. The number of furan rings is 1. The van der Waals surface area contributed by atoms with Crippen molar-refractivity contribution in [2.24, 2.45) is 0 Å². The Balaban J connectivity index is 1.15. The monoisotopic (exact) mass is 885 g/mol. The fourth-order valence-corrected chi connectivity index (χ4v) is 10.6. The second kappa shape index (κ2) is 15.0. The van der Waals surface area contributed by atoms with E-state index >= 15 is 0 Å². The van der Waals surface area contributed by atoms with Gasteiger partial charge in [-0.3, -0.25) is 9.30 Å². The number of nitrogens with zero attached hydrogens (tertiary/aromatic N) is 5. The predicted molar refractivity (Wildman–Crippen MR) is 287 cm³/mol. The van der Waals surface area contributed by atoms with E-state index in [1.807, 2.05) is 0 Å². The fraction of sp³-hybridized carbons (Fsp3) is 0.197. The second-order valence-electron chi connectivity index (χ2n) is 21.8. The Morgan fingerprint density at radius 3 is 1.71 bits per heavy atom. The summed E-state index contributed by atoms with van der Waals surface area (Å²) in [5.74, 6) is 1.06. The zero-order valence-corrected chi connectivity index (χ0v) is 40.5. The maximum Gasteiger partial charge on any atom is 0.277 e. The number of hydrogen-bond donors (Lipinski definition) is 0. The number of anilines is 9. The molecule has 0 radical (unpaired) electrons. The van der Waals surface area contributed by atoms with Crippen LogP contribution in [0, 0.1) is 0 Å². The highest BCUT2D eigenvalue weighted by molar-refractivity contribution is 7.00. The van der Waals surface area contributed by atoms with Gasteiger partial charge in [-0.1, -0.05) is 153 Å². The van der Waals surface area contributed by atoms with E-state index < -0.39 is 0 Å². The normalized spacial score (nSPS) is 13.6. The first-order valence-electron chi connectivity index (χ1n) is 24.0. The van der Waals surface area contributed by atoms with Gasteiger partial charge in [-0.2, -0.15) is 0 Å². The molecule has 5 heterocycles. The van der Waals surface area contributed by atoms with Crippen molar-refractivity contribution < 1.29 is 4.42 Å². The van der Waals surface area contributed by atoms with Crippen LogP contribution in [0.1, 0.15) is 79.0 Å². The van der Waals surface area contributed by atoms with Crippen LogP contribution >= 0.6 is 0 Å². The summed E-state index contributed by atoms with van der Waals surface area (Å²) in [5.41, 5.74) is 18.5. The zero-order valence-electron chi connectivity index (χ0n) is 40.5. The Morgan fingerprint density at radius 1 is 0.485 bits per heavy atom. The average molecular weight is 886 g/mol. The predicted octanol–water partition coefficient (Wildman–Crippen LogP) is 14.7. The topological polar surface area (TPSA) is 40.2 Å². The van der Waals surface area contributed by atoms with Gasteiger partial charge in [0.05, 0.1) is 11.3 Å². The van der Waals surface area contributed by atoms with E-state index in [2.05, 4.69) is 257 Å². The maximum atomic E-state index is 6.90. The lowest BCUT2D eigenvalue weighted by Crippen LogP contribution is -2.61. The van der Waals surface area contributed by atoms with Crippen LogP contribution in [0.15, 0.2) is 180 Å². The molecule has 0 N–H and O–H groups in total. The summed E-state index contributed by atoms with van der Waals surface area (Å²) in [5, 5.41) is 2.19. The van der Waals surface area contributed by atoms with E-state index in [4.69, 9.17) is 9.40 Å². The Hall–Kier alpha value is -7.51. The number of hydrogen-bond acceptors (Lipinski definition) is 5. The summed E-state index contributed by atoms with van der Waals surface area (Å²) in [6, 6.07) is 62.3. The number of benzene rings is 7. The molecule has 0 saturated heterocycles.